The van der Waals surface area contributed by atoms with Gasteiger partial charge in [-0.25, -0.2) is 0 Å². The molecule has 0 aromatic heterocycles. The molecule has 0 aliphatic heterocycles. The quantitative estimate of drug-likeness (QED) is 0.514. The summed E-state index contributed by atoms with van der Waals surface area (Å²) in [6, 6.07) is 3.27. The van der Waals surface area contributed by atoms with E-state index < -0.39 is 0 Å². The normalized spacial score (nSPS) is 9.64. The molecular weight excluding hydrogens is 200 g/mol. The molecule has 0 saturated carbocycles. The van der Waals surface area contributed by atoms with Crippen molar-refractivity contribution >= 4 is 29.9 Å². The molecule has 0 unspecified atom stereocenters. The number of anilines is 2. The fourth-order valence-electron chi connectivity index (χ4n) is 1.04. The van der Waals surface area contributed by atoms with Crippen LogP contribution in [0, 0.1) is 0 Å². The van der Waals surface area contributed by atoms with E-state index in [1.807, 2.05) is 0 Å². The monoisotopic (exact) mass is 212 g/mol. The summed E-state index contributed by atoms with van der Waals surface area (Å²) in [5, 5.41) is 2.62. The maximum Gasteiger partial charge on any atom is 0.221 e. The molecule has 1 rings (SSSR count). The van der Waals surface area contributed by atoms with Gasteiger partial charge in [-0.05, 0) is 6.07 Å². The van der Waals surface area contributed by atoms with Crippen LogP contribution in [0.15, 0.2) is 17.0 Å². The molecule has 3 N–H and O–H groups in total. The predicted octanol–water partition coefficient (Wildman–Crippen LogP) is 1.52. The Morgan fingerprint density at radius 1 is 1.57 bits per heavy atom. The average Bonchev–Trinajstić information content (AvgIpc) is 2.10. The maximum atomic E-state index is 10.9. The second kappa shape index (κ2) is 4.23. The van der Waals surface area contributed by atoms with Crippen LogP contribution in [0.2, 0.25) is 0 Å². The van der Waals surface area contributed by atoms with Crippen LogP contribution >= 0.6 is 12.6 Å². The average molecular weight is 212 g/mol. The van der Waals surface area contributed by atoms with Crippen molar-refractivity contribution in [1.29, 1.82) is 0 Å². The van der Waals surface area contributed by atoms with Crippen molar-refractivity contribution in [2.24, 2.45) is 0 Å². The van der Waals surface area contributed by atoms with Crippen LogP contribution in [0.3, 0.4) is 0 Å². The molecule has 0 fully saturated rings. The lowest BCUT2D eigenvalue weighted by Crippen LogP contribution is -2.07. The maximum absolute atomic E-state index is 10.9. The number of carbonyl (C=O) groups is 1. The first kappa shape index (κ1) is 10.7. The van der Waals surface area contributed by atoms with Crippen LogP contribution < -0.4 is 15.8 Å². The summed E-state index contributed by atoms with van der Waals surface area (Å²) in [5.74, 6) is 0.358. The molecule has 0 aliphatic carbocycles. The summed E-state index contributed by atoms with van der Waals surface area (Å²) in [4.78, 5) is 11.5. The van der Waals surface area contributed by atoms with Crippen LogP contribution in [-0.2, 0) is 4.79 Å². The van der Waals surface area contributed by atoms with Gasteiger partial charge in [-0.1, -0.05) is 0 Å². The van der Waals surface area contributed by atoms with Gasteiger partial charge >= 0.3 is 0 Å². The molecule has 0 aliphatic rings. The lowest BCUT2D eigenvalue weighted by Gasteiger charge is -2.10. The van der Waals surface area contributed by atoms with Crippen LogP contribution in [0.1, 0.15) is 6.92 Å². The number of nitrogens with two attached hydrogens (primary N) is 1. The van der Waals surface area contributed by atoms with E-state index in [1.54, 1.807) is 12.1 Å². The summed E-state index contributed by atoms with van der Waals surface area (Å²) in [7, 11) is 1.51. The Labute approximate surface area is 87.8 Å². The van der Waals surface area contributed by atoms with Crippen LogP contribution in [0.4, 0.5) is 11.4 Å². The number of carbonyl (C=O) groups excluding carboxylic acids is 1. The highest BCUT2D eigenvalue weighted by Gasteiger charge is 2.07. The molecule has 0 heterocycles. The molecule has 0 saturated heterocycles. The SMILES string of the molecule is COc1cc(N)c(S)cc1NC(C)=O. The minimum atomic E-state index is -0.166. The van der Waals surface area contributed by atoms with E-state index in [-0.39, 0.29) is 5.91 Å². The van der Waals surface area contributed by atoms with Crippen molar-refractivity contribution in [2.75, 3.05) is 18.2 Å². The number of benzene rings is 1. The summed E-state index contributed by atoms with van der Waals surface area (Å²) in [6.45, 7) is 1.42. The van der Waals surface area contributed by atoms with Gasteiger partial charge in [0, 0.05) is 23.6 Å². The molecule has 76 valence electrons. The lowest BCUT2D eigenvalue weighted by molar-refractivity contribution is -0.114. The zero-order valence-electron chi connectivity index (χ0n) is 8.00. The molecule has 4 nitrogen and oxygen atoms in total. The number of ether oxygens (including phenoxy) is 1. The molecule has 1 aromatic carbocycles. The first-order chi connectivity index (χ1) is 6.54. The number of thiol groups is 1. The molecule has 1 aromatic rings. The number of nitrogen functional groups attached to an aromatic ring is 1. The summed E-state index contributed by atoms with van der Waals surface area (Å²) >= 11 is 4.14. The first-order valence-corrected chi connectivity index (χ1v) is 4.43. The third-order valence-corrected chi connectivity index (χ3v) is 2.05. The predicted molar refractivity (Wildman–Crippen MR) is 59.0 cm³/mol. The summed E-state index contributed by atoms with van der Waals surface area (Å²) in [6.07, 6.45) is 0. The molecular formula is C9H12N2O2S. The lowest BCUT2D eigenvalue weighted by atomic mass is 10.2. The highest BCUT2D eigenvalue weighted by Crippen LogP contribution is 2.31. The van der Waals surface area contributed by atoms with E-state index in [0.29, 0.717) is 22.0 Å². The number of hydrogen-bond acceptors (Lipinski definition) is 4. The van der Waals surface area contributed by atoms with Crippen LogP contribution in [0.25, 0.3) is 0 Å². The minimum Gasteiger partial charge on any atom is -0.494 e. The van der Waals surface area contributed by atoms with Gasteiger partial charge in [0.05, 0.1) is 12.8 Å². The molecule has 0 bridgehead atoms. The molecule has 1 amide bonds. The largest absolute Gasteiger partial charge is 0.494 e. The molecule has 14 heavy (non-hydrogen) atoms. The molecule has 0 spiro atoms. The van der Waals surface area contributed by atoms with E-state index in [2.05, 4.69) is 17.9 Å². The molecule has 0 atom stereocenters. The second-order valence-electron chi connectivity index (χ2n) is 2.79. The highest BCUT2D eigenvalue weighted by atomic mass is 32.1. The van der Waals surface area contributed by atoms with E-state index in [1.165, 1.54) is 14.0 Å². The summed E-state index contributed by atoms with van der Waals surface area (Å²) < 4.78 is 5.05. The van der Waals surface area contributed by atoms with Gasteiger partial charge in [-0.3, -0.25) is 4.79 Å². The second-order valence-corrected chi connectivity index (χ2v) is 3.27. The number of nitrogens with one attached hydrogen (secondary N) is 1. The number of rotatable bonds is 2. The van der Waals surface area contributed by atoms with Crippen LogP contribution in [0.5, 0.6) is 5.75 Å². The van der Waals surface area contributed by atoms with Crippen molar-refractivity contribution in [3.63, 3.8) is 0 Å². The fourth-order valence-corrected chi connectivity index (χ4v) is 1.23. The van der Waals surface area contributed by atoms with E-state index >= 15 is 0 Å². The van der Waals surface area contributed by atoms with Crippen molar-refractivity contribution in [3.8, 4) is 5.75 Å². The number of amides is 1. The number of methoxy groups -OCH3 is 1. The molecule has 5 heteroatoms. The standard InChI is InChI=1S/C9H12N2O2S/c1-5(12)11-7-4-9(14)6(10)3-8(7)13-2/h3-4,14H,10H2,1-2H3,(H,11,12). The molecule has 0 radical (unpaired) electrons. The van der Waals surface area contributed by atoms with E-state index in [4.69, 9.17) is 10.5 Å². The first-order valence-electron chi connectivity index (χ1n) is 3.98. The zero-order chi connectivity index (χ0) is 10.7. The van der Waals surface area contributed by atoms with Gasteiger partial charge < -0.3 is 15.8 Å². The Morgan fingerprint density at radius 2 is 2.21 bits per heavy atom. The third-order valence-electron chi connectivity index (χ3n) is 1.66. The Kier molecular flexibility index (Phi) is 3.24. The van der Waals surface area contributed by atoms with E-state index in [0.717, 1.165) is 0 Å². The van der Waals surface area contributed by atoms with E-state index in [9.17, 15) is 4.79 Å². The fraction of sp³-hybridized carbons (Fsp3) is 0.222. The Bertz CT molecular complexity index is 366. The summed E-state index contributed by atoms with van der Waals surface area (Å²) in [5.41, 5.74) is 6.71. The van der Waals surface area contributed by atoms with Gasteiger partial charge in [0.1, 0.15) is 5.75 Å². The van der Waals surface area contributed by atoms with Crippen LogP contribution in [-0.4, -0.2) is 13.0 Å². The Balaban J connectivity index is 3.13. The Morgan fingerprint density at radius 3 is 2.71 bits per heavy atom. The smallest absolute Gasteiger partial charge is 0.221 e. The van der Waals surface area contributed by atoms with Crippen molar-refractivity contribution in [2.45, 2.75) is 11.8 Å². The third kappa shape index (κ3) is 2.32. The van der Waals surface area contributed by atoms with Crippen molar-refractivity contribution < 1.29 is 9.53 Å². The van der Waals surface area contributed by atoms with Crippen molar-refractivity contribution in [3.05, 3.63) is 12.1 Å². The van der Waals surface area contributed by atoms with Gasteiger partial charge in [0.2, 0.25) is 5.91 Å². The Hall–Kier alpha value is -1.36. The van der Waals surface area contributed by atoms with Gasteiger partial charge in [0.25, 0.3) is 0 Å². The van der Waals surface area contributed by atoms with Crippen molar-refractivity contribution in [1.82, 2.24) is 0 Å². The minimum absolute atomic E-state index is 0.166. The zero-order valence-corrected chi connectivity index (χ0v) is 8.89. The van der Waals surface area contributed by atoms with Gasteiger partial charge in [-0.15, -0.1) is 12.6 Å². The van der Waals surface area contributed by atoms with Gasteiger partial charge in [-0.2, -0.15) is 0 Å². The topological polar surface area (TPSA) is 64.3 Å². The number of hydrogen-bond donors (Lipinski definition) is 3. The highest BCUT2D eigenvalue weighted by molar-refractivity contribution is 7.80. The van der Waals surface area contributed by atoms with Gasteiger partial charge in [0.15, 0.2) is 0 Å².